The maximum Gasteiger partial charge on any atom is 0.330 e. The van der Waals surface area contributed by atoms with Gasteiger partial charge in [0.05, 0.1) is 43.9 Å². The van der Waals surface area contributed by atoms with E-state index in [1.165, 1.54) is 35.1 Å². The number of nitrogens with zero attached hydrogens (tertiary/aromatic N) is 5. The number of carbonyl (C=O) groups excluding carboxylic acids is 2. The predicted molar refractivity (Wildman–Crippen MR) is 148 cm³/mol. The van der Waals surface area contributed by atoms with Gasteiger partial charge < -0.3 is 30.1 Å². The molecule has 0 unspecified atom stereocenters. The van der Waals surface area contributed by atoms with Crippen LogP contribution in [-0.4, -0.2) is 67.5 Å². The second-order valence-electron chi connectivity index (χ2n) is 9.01. The molecule has 12 heteroatoms. The quantitative estimate of drug-likeness (QED) is 0.392. The topological polar surface area (TPSA) is 132 Å². The van der Waals surface area contributed by atoms with E-state index in [4.69, 9.17) is 9.47 Å². The second kappa shape index (κ2) is 10.9. The highest BCUT2D eigenvalue weighted by atomic mass is 16.5. The summed E-state index contributed by atoms with van der Waals surface area (Å²) in [7, 11) is 3.11. The van der Waals surface area contributed by atoms with Crippen LogP contribution in [-0.2, 0) is 16.1 Å². The Morgan fingerprint density at radius 3 is 2.69 bits per heavy atom. The van der Waals surface area contributed by atoms with Crippen molar-refractivity contribution in [2.24, 2.45) is 0 Å². The standard InChI is InChI=1S/C27H29N7O5/c1-4-24(36)29-23-13-18(33-7-9-39-10-8-33)5-6-22(23)30-26-28-15-17-16-34(27(37)32(2)25(17)31-26)19-11-20(35)14-21(12-19)38-3/h4-6,11-15,35H,1,7-10,16H2,2-3H3,(H,29,36)(H,28,30,31). The number of urea groups is 1. The van der Waals surface area contributed by atoms with Gasteiger partial charge in [-0.15, -0.1) is 0 Å². The Hall–Kier alpha value is -4.84. The van der Waals surface area contributed by atoms with Gasteiger partial charge in [-0.25, -0.2) is 9.78 Å². The summed E-state index contributed by atoms with van der Waals surface area (Å²) in [6.45, 7) is 6.53. The van der Waals surface area contributed by atoms with Crippen LogP contribution in [0.2, 0.25) is 0 Å². The van der Waals surface area contributed by atoms with E-state index in [0.717, 1.165) is 18.8 Å². The molecule has 0 radical (unpaired) electrons. The zero-order valence-corrected chi connectivity index (χ0v) is 21.7. The number of anilines is 6. The Morgan fingerprint density at radius 2 is 1.95 bits per heavy atom. The number of hydrogen-bond donors (Lipinski definition) is 3. The molecule has 1 saturated heterocycles. The molecule has 0 aliphatic carbocycles. The molecule has 2 aliphatic heterocycles. The van der Waals surface area contributed by atoms with Crippen molar-refractivity contribution in [2.45, 2.75) is 6.54 Å². The number of fused-ring (bicyclic) bond motifs is 1. The number of phenols is 1. The summed E-state index contributed by atoms with van der Waals surface area (Å²) in [4.78, 5) is 39.6. The third-order valence-electron chi connectivity index (χ3n) is 6.50. The summed E-state index contributed by atoms with van der Waals surface area (Å²) in [5.41, 5.74) is 3.27. The fourth-order valence-electron chi connectivity index (χ4n) is 4.48. The van der Waals surface area contributed by atoms with Crippen LogP contribution < -0.4 is 30.1 Å². The number of aromatic hydroxyl groups is 1. The monoisotopic (exact) mass is 531 g/mol. The Labute approximate surface area is 225 Å². The predicted octanol–water partition coefficient (Wildman–Crippen LogP) is 3.47. The van der Waals surface area contributed by atoms with Gasteiger partial charge in [-0.2, -0.15) is 4.98 Å². The highest BCUT2D eigenvalue weighted by molar-refractivity contribution is 6.05. The number of carbonyl (C=O) groups is 2. The van der Waals surface area contributed by atoms with Gasteiger partial charge in [0, 0.05) is 55.8 Å². The summed E-state index contributed by atoms with van der Waals surface area (Å²) >= 11 is 0. The number of nitrogens with one attached hydrogen (secondary N) is 2. The number of rotatable bonds is 7. The summed E-state index contributed by atoms with van der Waals surface area (Å²) < 4.78 is 10.7. The Kier molecular flexibility index (Phi) is 7.19. The van der Waals surface area contributed by atoms with E-state index >= 15 is 0 Å². The van der Waals surface area contributed by atoms with E-state index in [-0.39, 0.29) is 30.2 Å². The van der Waals surface area contributed by atoms with Crippen molar-refractivity contribution < 1.29 is 24.2 Å². The normalized spacial score (nSPS) is 15.0. The number of amides is 3. The first-order valence-electron chi connectivity index (χ1n) is 12.3. The largest absolute Gasteiger partial charge is 0.508 e. The first-order chi connectivity index (χ1) is 18.9. The number of ether oxygens (including phenoxy) is 2. The fourth-order valence-corrected chi connectivity index (χ4v) is 4.48. The lowest BCUT2D eigenvalue weighted by atomic mass is 10.2. The Bertz CT molecular complexity index is 1420. The molecular weight excluding hydrogens is 502 g/mol. The fraction of sp³-hybridized carbons (Fsp3) is 0.259. The molecule has 0 spiro atoms. The molecule has 3 N–H and O–H groups in total. The summed E-state index contributed by atoms with van der Waals surface area (Å²) in [5.74, 6) is 0.774. The van der Waals surface area contributed by atoms with Crippen LogP contribution in [0.5, 0.6) is 11.5 Å². The molecule has 3 aromatic rings. The maximum absolute atomic E-state index is 13.2. The molecule has 1 fully saturated rings. The van der Waals surface area contributed by atoms with E-state index in [1.54, 1.807) is 19.3 Å². The van der Waals surface area contributed by atoms with Crippen LogP contribution in [0, 0.1) is 0 Å². The lowest BCUT2D eigenvalue weighted by Gasteiger charge is -2.34. The minimum absolute atomic E-state index is 0.0135. The number of benzene rings is 2. The lowest BCUT2D eigenvalue weighted by molar-refractivity contribution is -0.111. The maximum atomic E-state index is 13.2. The van der Waals surface area contributed by atoms with Crippen molar-refractivity contribution >= 4 is 46.5 Å². The molecule has 0 atom stereocenters. The second-order valence-corrected chi connectivity index (χ2v) is 9.01. The van der Waals surface area contributed by atoms with Crippen LogP contribution in [0.4, 0.5) is 39.3 Å². The third kappa shape index (κ3) is 5.41. The van der Waals surface area contributed by atoms with Crippen LogP contribution >= 0.6 is 0 Å². The van der Waals surface area contributed by atoms with Gasteiger partial charge in [0.2, 0.25) is 11.9 Å². The number of phenolic OH excluding ortho intramolecular Hbond substituents is 1. The summed E-state index contributed by atoms with van der Waals surface area (Å²) in [6.07, 6.45) is 2.85. The smallest absolute Gasteiger partial charge is 0.330 e. The van der Waals surface area contributed by atoms with Crippen LogP contribution in [0.1, 0.15) is 5.56 Å². The Balaban J connectivity index is 1.42. The van der Waals surface area contributed by atoms with Crippen molar-refractivity contribution in [3.05, 3.63) is 60.8 Å². The molecule has 5 rings (SSSR count). The molecule has 1 aromatic heterocycles. The van der Waals surface area contributed by atoms with Gasteiger partial charge in [-0.3, -0.25) is 14.6 Å². The summed E-state index contributed by atoms with van der Waals surface area (Å²) in [5, 5.41) is 16.1. The number of aromatic nitrogens is 2. The average Bonchev–Trinajstić information content (AvgIpc) is 2.96. The van der Waals surface area contributed by atoms with Crippen molar-refractivity contribution in [1.29, 1.82) is 0 Å². The van der Waals surface area contributed by atoms with E-state index in [9.17, 15) is 14.7 Å². The first-order valence-corrected chi connectivity index (χ1v) is 12.3. The zero-order chi connectivity index (χ0) is 27.5. The van der Waals surface area contributed by atoms with E-state index in [1.807, 2.05) is 18.2 Å². The summed E-state index contributed by atoms with van der Waals surface area (Å²) in [6, 6.07) is 9.99. The number of hydrogen-bond acceptors (Lipinski definition) is 9. The van der Waals surface area contributed by atoms with Gasteiger partial charge >= 0.3 is 6.03 Å². The molecule has 0 bridgehead atoms. The average molecular weight is 532 g/mol. The molecule has 12 nitrogen and oxygen atoms in total. The van der Waals surface area contributed by atoms with Crippen molar-refractivity contribution in [3.63, 3.8) is 0 Å². The van der Waals surface area contributed by atoms with Gasteiger partial charge in [0.1, 0.15) is 17.3 Å². The molecule has 0 saturated carbocycles. The van der Waals surface area contributed by atoms with E-state index in [2.05, 4.69) is 32.1 Å². The van der Waals surface area contributed by atoms with Crippen molar-refractivity contribution in [1.82, 2.24) is 9.97 Å². The molecule has 2 aliphatic rings. The first kappa shape index (κ1) is 25.8. The SMILES string of the molecule is C=CC(=O)Nc1cc(N2CCOCC2)ccc1Nc1ncc2c(n1)N(C)C(=O)N(c1cc(O)cc(OC)c1)C2. The molecule has 202 valence electrons. The van der Waals surface area contributed by atoms with E-state index in [0.29, 0.717) is 47.4 Å². The highest BCUT2D eigenvalue weighted by Gasteiger charge is 2.31. The van der Waals surface area contributed by atoms with Gasteiger partial charge in [0.25, 0.3) is 0 Å². The number of morpholine rings is 1. The van der Waals surface area contributed by atoms with Crippen LogP contribution in [0.25, 0.3) is 0 Å². The van der Waals surface area contributed by atoms with Crippen LogP contribution in [0.3, 0.4) is 0 Å². The van der Waals surface area contributed by atoms with Gasteiger partial charge in [0.15, 0.2) is 0 Å². The molecule has 39 heavy (non-hydrogen) atoms. The Morgan fingerprint density at radius 1 is 1.15 bits per heavy atom. The van der Waals surface area contributed by atoms with Gasteiger partial charge in [-0.05, 0) is 24.3 Å². The minimum Gasteiger partial charge on any atom is -0.508 e. The molecule has 2 aromatic carbocycles. The highest BCUT2D eigenvalue weighted by Crippen LogP contribution is 2.35. The third-order valence-corrected chi connectivity index (χ3v) is 6.50. The van der Waals surface area contributed by atoms with Gasteiger partial charge in [-0.1, -0.05) is 6.58 Å². The molecule has 3 heterocycles. The minimum atomic E-state index is -0.350. The lowest BCUT2D eigenvalue weighted by Crippen LogP contribution is -2.46. The molecule has 3 amide bonds. The van der Waals surface area contributed by atoms with Crippen LogP contribution in [0.15, 0.2) is 55.3 Å². The number of methoxy groups -OCH3 is 1. The molecular formula is C27H29N7O5. The van der Waals surface area contributed by atoms with Crippen molar-refractivity contribution in [2.75, 3.05) is 65.8 Å². The van der Waals surface area contributed by atoms with E-state index < -0.39 is 0 Å². The van der Waals surface area contributed by atoms with Crippen molar-refractivity contribution in [3.8, 4) is 11.5 Å². The zero-order valence-electron chi connectivity index (χ0n) is 21.7.